The van der Waals surface area contributed by atoms with Crippen LogP contribution in [0.25, 0.3) is 0 Å². The molecule has 0 saturated heterocycles. The van der Waals surface area contributed by atoms with Crippen LogP contribution >= 0.6 is 7.14 Å². The molecule has 3 heteroatoms. The average molecular weight is 371 g/mol. The highest BCUT2D eigenvalue weighted by Gasteiger charge is 2.46. The molecule has 0 aromatic heterocycles. The van der Waals surface area contributed by atoms with Crippen LogP contribution in [0.4, 0.5) is 0 Å². The summed E-state index contributed by atoms with van der Waals surface area (Å²) in [5, 5.41) is 1.66. The van der Waals surface area contributed by atoms with Gasteiger partial charge in [-0.15, -0.1) is 0 Å². The molecule has 4 rings (SSSR count). The molecule has 27 heavy (non-hydrogen) atoms. The molecule has 0 spiro atoms. The lowest BCUT2D eigenvalue weighted by molar-refractivity contribution is 0.411. The Morgan fingerprint density at radius 3 is 1.85 bits per heavy atom. The summed E-state index contributed by atoms with van der Waals surface area (Å²) in [6.07, 6.45) is 5.96. The number of ether oxygens (including phenoxy) is 1. The van der Waals surface area contributed by atoms with E-state index in [1.807, 2.05) is 104 Å². The first-order valence-electron chi connectivity index (χ1n) is 8.86. The molecule has 0 heterocycles. The van der Waals surface area contributed by atoms with Gasteiger partial charge < -0.3 is 9.30 Å². The van der Waals surface area contributed by atoms with Crippen molar-refractivity contribution in [1.82, 2.24) is 0 Å². The summed E-state index contributed by atoms with van der Waals surface area (Å²) in [5.41, 5.74) is 1.79. The second-order valence-corrected chi connectivity index (χ2v) is 9.04. The zero-order chi connectivity index (χ0) is 18.7. The Labute approximate surface area is 161 Å². The highest BCUT2D eigenvalue weighted by Crippen LogP contribution is 2.64. The van der Waals surface area contributed by atoms with Gasteiger partial charge in [-0.25, -0.2) is 0 Å². The van der Waals surface area contributed by atoms with E-state index in [1.165, 1.54) is 0 Å². The molecule has 0 N–H and O–H groups in total. The molecular formula is C24H20O2P. The topological polar surface area (TPSA) is 26.3 Å². The molecule has 0 aliphatic heterocycles. The molecule has 3 aromatic carbocycles. The fraction of sp³-hybridized carbons (Fsp3) is 0.0417. The van der Waals surface area contributed by atoms with Crippen LogP contribution in [0, 0.1) is 30.8 Å². The zero-order valence-corrected chi connectivity index (χ0v) is 16.0. The monoisotopic (exact) mass is 371 g/mol. The van der Waals surface area contributed by atoms with Crippen LogP contribution in [0.5, 0.6) is 5.75 Å². The molecule has 133 valence electrons. The molecule has 3 aromatic rings. The van der Waals surface area contributed by atoms with E-state index in [0.717, 1.165) is 33.5 Å². The van der Waals surface area contributed by atoms with Gasteiger partial charge in [-0.1, -0.05) is 78.9 Å². The third kappa shape index (κ3) is 3.24. The molecule has 5 radical (unpaired) electrons. The predicted molar refractivity (Wildman–Crippen MR) is 111 cm³/mol. The van der Waals surface area contributed by atoms with Gasteiger partial charge in [-0.2, -0.15) is 0 Å². The Morgan fingerprint density at radius 2 is 1.26 bits per heavy atom. The van der Waals surface area contributed by atoms with Crippen molar-refractivity contribution in [3.8, 4) is 5.75 Å². The summed E-state index contributed by atoms with van der Waals surface area (Å²) in [6, 6.07) is 27.3. The average Bonchev–Trinajstić information content (AvgIpc) is 3.24. The molecule has 2 nitrogen and oxygen atoms in total. The van der Waals surface area contributed by atoms with Gasteiger partial charge in [0.15, 0.2) is 7.14 Å². The van der Waals surface area contributed by atoms with Crippen LogP contribution in [-0.2, 0) is 4.57 Å². The van der Waals surface area contributed by atoms with E-state index in [9.17, 15) is 4.57 Å². The van der Waals surface area contributed by atoms with E-state index in [2.05, 4.69) is 0 Å². The SMILES string of the molecule is COc1ccccc1[C]1[CH][CH][CH][C]1P(=O)(c1ccccc1)c1ccccc1. The Kier molecular flexibility index (Phi) is 5.18. The van der Waals surface area contributed by atoms with E-state index < -0.39 is 7.14 Å². The summed E-state index contributed by atoms with van der Waals surface area (Å²) in [4.78, 5) is 0. The smallest absolute Gasteiger partial charge is 0.151 e. The fourth-order valence-electron chi connectivity index (χ4n) is 3.48. The lowest BCUT2D eigenvalue weighted by Gasteiger charge is -2.30. The summed E-state index contributed by atoms with van der Waals surface area (Å²) in [6.45, 7) is 0. The van der Waals surface area contributed by atoms with E-state index in [0.29, 0.717) is 0 Å². The number of hydrogen-bond donors (Lipinski definition) is 0. The third-order valence-corrected chi connectivity index (χ3v) is 7.89. The fourth-order valence-corrected chi connectivity index (χ4v) is 6.35. The maximum atomic E-state index is 14.6. The van der Waals surface area contributed by atoms with Crippen LogP contribution in [0.1, 0.15) is 5.56 Å². The van der Waals surface area contributed by atoms with Gasteiger partial charge in [-0.05, 0) is 25.3 Å². The van der Waals surface area contributed by atoms with Crippen molar-refractivity contribution < 1.29 is 9.30 Å². The molecule has 0 unspecified atom stereocenters. The molecule has 0 atom stereocenters. The number of benzene rings is 3. The third-order valence-electron chi connectivity index (χ3n) is 4.77. The van der Waals surface area contributed by atoms with Crippen molar-refractivity contribution in [2.75, 3.05) is 7.11 Å². The molecule has 1 aliphatic rings. The summed E-state index contributed by atoms with van der Waals surface area (Å²) in [5.74, 6) is 1.72. The summed E-state index contributed by atoms with van der Waals surface area (Å²) in [7, 11) is -1.36. The van der Waals surface area contributed by atoms with Crippen molar-refractivity contribution in [3.63, 3.8) is 0 Å². The van der Waals surface area contributed by atoms with Crippen molar-refractivity contribution in [2.45, 2.75) is 0 Å². The van der Waals surface area contributed by atoms with E-state index >= 15 is 0 Å². The quantitative estimate of drug-likeness (QED) is 0.603. The normalized spacial score (nSPS) is 15.7. The van der Waals surface area contributed by atoms with Crippen LogP contribution in [0.2, 0.25) is 0 Å². The summed E-state index contributed by atoms with van der Waals surface area (Å²) >= 11 is 0. The summed E-state index contributed by atoms with van der Waals surface area (Å²) < 4.78 is 20.2. The molecule has 0 amide bonds. The van der Waals surface area contributed by atoms with E-state index in [4.69, 9.17) is 4.74 Å². The predicted octanol–water partition coefficient (Wildman–Crippen LogP) is 4.79. The molecule has 1 saturated carbocycles. The van der Waals surface area contributed by atoms with Crippen LogP contribution < -0.4 is 15.3 Å². The maximum Gasteiger partial charge on any atom is 0.151 e. The van der Waals surface area contributed by atoms with Gasteiger partial charge in [0.05, 0.1) is 12.8 Å². The van der Waals surface area contributed by atoms with Crippen LogP contribution in [0.15, 0.2) is 84.9 Å². The van der Waals surface area contributed by atoms with Crippen LogP contribution in [-0.4, -0.2) is 7.11 Å². The molecule has 1 aliphatic carbocycles. The Hall–Kier alpha value is -2.31. The minimum absolute atomic E-state index is 0.776. The second kappa shape index (κ2) is 7.74. The van der Waals surface area contributed by atoms with Crippen LogP contribution in [0.3, 0.4) is 0 Å². The van der Waals surface area contributed by atoms with Gasteiger partial charge in [-0.3, -0.25) is 0 Å². The molecule has 1 fully saturated rings. The van der Waals surface area contributed by atoms with Gasteiger partial charge in [0, 0.05) is 22.1 Å². The van der Waals surface area contributed by atoms with Gasteiger partial charge in [0.1, 0.15) is 5.75 Å². The first kappa shape index (κ1) is 18.1. The van der Waals surface area contributed by atoms with Crippen molar-refractivity contribution in [3.05, 3.63) is 121 Å². The lowest BCUT2D eigenvalue weighted by Crippen LogP contribution is -2.23. The van der Waals surface area contributed by atoms with Gasteiger partial charge >= 0.3 is 0 Å². The minimum Gasteiger partial charge on any atom is -0.496 e. The highest BCUT2D eigenvalue weighted by atomic mass is 31.2. The first-order chi connectivity index (χ1) is 13.2. The van der Waals surface area contributed by atoms with Gasteiger partial charge in [0.25, 0.3) is 0 Å². The van der Waals surface area contributed by atoms with E-state index in [-0.39, 0.29) is 0 Å². The second-order valence-electron chi connectivity index (χ2n) is 6.31. The van der Waals surface area contributed by atoms with Crippen molar-refractivity contribution in [2.24, 2.45) is 0 Å². The first-order valence-corrected chi connectivity index (χ1v) is 10.6. The van der Waals surface area contributed by atoms with Gasteiger partial charge in [0.2, 0.25) is 0 Å². The number of methoxy groups -OCH3 is 1. The number of rotatable bonds is 5. The Bertz CT molecular complexity index is 893. The van der Waals surface area contributed by atoms with E-state index in [1.54, 1.807) is 7.11 Å². The van der Waals surface area contributed by atoms with Crippen molar-refractivity contribution in [1.29, 1.82) is 0 Å². The Balaban J connectivity index is 1.86. The Morgan fingerprint density at radius 1 is 0.704 bits per heavy atom. The number of para-hydroxylation sites is 1. The van der Waals surface area contributed by atoms with Crippen molar-refractivity contribution >= 4 is 17.8 Å². The maximum absolute atomic E-state index is 14.6. The number of hydrogen-bond acceptors (Lipinski definition) is 2. The molecular weight excluding hydrogens is 351 g/mol. The lowest BCUT2D eigenvalue weighted by atomic mass is 9.96. The largest absolute Gasteiger partial charge is 0.496 e. The molecule has 0 bridgehead atoms. The minimum atomic E-state index is -3.02. The highest BCUT2D eigenvalue weighted by molar-refractivity contribution is 7.81. The zero-order valence-electron chi connectivity index (χ0n) is 15.1. The standard InChI is InChI=1S/C24H20O2P/c1-26-23-17-9-8-15-21(23)22-16-10-18-24(22)27(25,19-11-4-2-5-12-19)20-13-6-3-7-14-20/h2-18H,1H3.